The van der Waals surface area contributed by atoms with Crippen LogP contribution in [-0.4, -0.2) is 50.1 Å². The van der Waals surface area contributed by atoms with E-state index < -0.39 is 17.3 Å². The Morgan fingerprint density at radius 1 is 0.929 bits per heavy atom. The molecule has 9 heteroatoms. The Labute approximate surface area is 246 Å². The Morgan fingerprint density at radius 2 is 1.55 bits per heavy atom. The average molecular weight is 586 g/mol. The second-order valence-electron chi connectivity index (χ2n) is 9.20. The van der Waals surface area contributed by atoms with Crippen molar-refractivity contribution in [3.63, 3.8) is 0 Å². The molecule has 3 rings (SSSR count). The molecule has 0 amide bonds. The summed E-state index contributed by atoms with van der Waals surface area (Å²) in [5, 5.41) is 0.0155. The number of aromatic nitrogens is 1. The van der Waals surface area contributed by atoms with Crippen molar-refractivity contribution in [2.75, 3.05) is 26.7 Å². The smallest absolute Gasteiger partial charge is 0.330 e. The normalized spacial score (nSPS) is 10.9. The first-order chi connectivity index (χ1) is 20.1. The number of H-pyrrole nitrogens is 1. The van der Waals surface area contributed by atoms with Gasteiger partial charge in [-0.05, 0) is 76.0 Å². The van der Waals surface area contributed by atoms with Crippen molar-refractivity contribution in [2.24, 2.45) is 5.73 Å². The number of rotatable bonds is 11. The maximum atomic E-state index is 13.1. The topological polar surface area (TPSA) is 96.3 Å². The minimum atomic E-state index is -4.56. The van der Waals surface area contributed by atoms with E-state index >= 15 is 0 Å². The van der Waals surface area contributed by atoms with Crippen LogP contribution in [0.1, 0.15) is 41.5 Å². The van der Waals surface area contributed by atoms with Crippen LogP contribution in [0.2, 0.25) is 0 Å². The van der Waals surface area contributed by atoms with E-state index in [4.69, 9.17) is 15.3 Å². The minimum absolute atomic E-state index is 0.0155. The number of hydrogen-bond donors (Lipinski definition) is 2. The van der Waals surface area contributed by atoms with E-state index in [9.17, 15) is 18.0 Å². The lowest BCUT2D eigenvalue weighted by Gasteiger charge is -2.14. The number of fused-ring (bicyclic) bond motifs is 1. The predicted molar refractivity (Wildman–Crippen MR) is 167 cm³/mol. The van der Waals surface area contributed by atoms with E-state index in [1.165, 1.54) is 12.1 Å². The number of alkyl halides is 3. The lowest BCUT2D eigenvalue weighted by molar-refractivity contribution is -0.136. The van der Waals surface area contributed by atoms with Crippen LogP contribution in [0.5, 0.6) is 0 Å². The van der Waals surface area contributed by atoms with E-state index in [1.54, 1.807) is 6.07 Å². The summed E-state index contributed by atoms with van der Waals surface area (Å²) in [5.74, 6) is 0. The van der Waals surface area contributed by atoms with Gasteiger partial charge in [-0.25, -0.2) is 0 Å². The van der Waals surface area contributed by atoms with Gasteiger partial charge in [0.15, 0.2) is 0 Å². The summed E-state index contributed by atoms with van der Waals surface area (Å²) in [4.78, 5) is 32.2. The molecule has 1 aromatic heterocycles. The Kier molecular flexibility index (Phi) is 19.5. The third-order valence-electron chi connectivity index (χ3n) is 5.85. The molecule has 0 aliphatic heterocycles. The summed E-state index contributed by atoms with van der Waals surface area (Å²) < 4.78 is 39.4. The summed E-state index contributed by atoms with van der Waals surface area (Å²) >= 11 is 0. The number of benzene rings is 2. The van der Waals surface area contributed by atoms with Crippen molar-refractivity contribution >= 4 is 24.5 Å². The molecule has 3 aromatic rings. The molecule has 0 fully saturated rings. The number of allylic oxidation sites excluding steroid dienone is 4. The maximum Gasteiger partial charge on any atom is 0.417 e. The van der Waals surface area contributed by atoms with Crippen molar-refractivity contribution < 1.29 is 22.8 Å². The molecule has 6 nitrogen and oxygen atoms in total. The van der Waals surface area contributed by atoms with Crippen molar-refractivity contribution in [1.82, 2.24) is 9.88 Å². The highest BCUT2D eigenvalue weighted by Crippen LogP contribution is 2.33. The van der Waals surface area contributed by atoms with Crippen molar-refractivity contribution in [3.05, 3.63) is 118 Å². The molecule has 0 saturated carbocycles. The Morgan fingerprint density at radius 3 is 2.14 bits per heavy atom. The highest BCUT2D eigenvalue weighted by molar-refractivity contribution is 5.83. The number of hydrogen-bond acceptors (Lipinski definition) is 5. The van der Waals surface area contributed by atoms with E-state index in [-0.39, 0.29) is 10.9 Å². The summed E-state index contributed by atoms with van der Waals surface area (Å²) in [6.45, 7) is 12.6. The highest BCUT2D eigenvalue weighted by atomic mass is 19.4. The van der Waals surface area contributed by atoms with Crippen molar-refractivity contribution in [2.45, 2.75) is 38.8 Å². The molecule has 0 unspecified atom stereocenters. The number of carbonyl (C=O) groups is 2. The number of aromatic amines is 1. The highest BCUT2D eigenvalue weighted by Gasteiger charge is 2.33. The Bertz CT molecular complexity index is 1300. The molecule has 0 saturated heterocycles. The molecule has 3 N–H and O–H groups in total. The molecular weight excluding hydrogens is 543 g/mol. The molecule has 2 aromatic carbocycles. The van der Waals surface area contributed by atoms with Gasteiger partial charge in [0.1, 0.15) is 13.6 Å². The monoisotopic (exact) mass is 585 g/mol. The van der Waals surface area contributed by atoms with Gasteiger partial charge in [-0.1, -0.05) is 66.3 Å². The molecule has 0 aliphatic rings. The SMILES string of the molecule is C=CC/C=C\C=C/CCN(C)CCCN.C=O.C=O.Cc1ccc(Cc2ccc3[nH]c(=O)cc(C(F)(F)F)c3c2)cc1. The summed E-state index contributed by atoms with van der Waals surface area (Å²) in [7, 11) is 2.14. The van der Waals surface area contributed by atoms with Crippen LogP contribution >= 0.6 is 0 Å². The lowest BCUT2D eigenvalue weighted by atomic mass is 10.00. The average Bonchev–Trinajstić information content (AvgIpc) is 2.98. The third-order valence-corrected chi connectivity index (χ3v) is 5.85. The van der Waals surface area contributed by atoms with Crippen molar-refractivity contribution in [3.8, 4) is 0 Å². The molecule has 0 atom stereocenters. The van der Waals surface area contributed by atoms with Crippen LogP contribution in [0, 0.1) is 6.92 Å². The van der Waals surface area contributed by atoms with Gasteiger partial charge in [0, 0.05) is 23.5 Å². The number of carbonyl (C=O) groups excluding carboxylic acids is 2. The van der Waals surface area contributed by atoms with Gasteiger partial charge in [-0.3, -0.25) is 4.79 Å². The second kappa shape index (κ2) is 21.6. The Balaban J connectivity index is 0.000000773. The molecule has 228 valence electrons. The van der Waals surface area contributed by atoms with Crippen LogP contribution in [0.3, 0.4) is 0 Å². The largest absolute Gasteiger partial charge is 0.417 e. The molecule has 0 bridgehead atoms. The van der Waals surface area contributed by atoms with Crippen LogP contribution in [0.4, 0.5) is 13.2 Å². The molecule has 0 radical (unpaired) electrons. The number of pyridine rings is 1. The number of nitrogens with two attached hydrogens (primary N) is 1. The van der Waals surface area contributed by atoms with Crippen LogP contribution in [0.25, 0.3) is 10.9 Å². The second-order valence-corrected chi connectivity index (χ2v) is 9.20. The minimum Gasteiger partial charge on any atom is -0.330 e. The van der Waals surface area contributed by atoms with E-state index in [1.807, 2.05) is 50.8 Å². The summed E-state index contributed by atoms with van der Waals surface area (Å²) in [5.41, 5.74) is 6.89. The third kappa shape index (κ3) is 15.1. The quantitative estimate of drug-likeness (QED) is 0.200. The van der Waals surface area contributed by atoms with E-state index in [2.05, 4.69) is 47.8 Å². The van der Waals surface area contributed by atoms with Gasteiger partial charge in [0.25, 0.3) is 0 Å². The van der Waals surface area contributed by atoms with Gasteiger partial charge in [0.2, 0.25) is 5.56 Å². The molecule has 0 aliphatic carbocycles. The van der Waals surface area contributed by atoms with E-state index in [0.29, 0.717) is 12.5 Å². The fraction of sp³-hybridized carbons (Fsp3) is 0.303. The predicted octanol–water partition coefficient (Wildman–Crippen LogP) is 6.42. The van der Waals surface area contributed by atoms with Gasteiger partial charge < -0.3 is 25.2 Å². The van der Waals surface area contributed by atoms with Gasteiger partial charge in [0.05, 0.1) is 5.56 Å². The first kappa shape index (κ1) is 37.9. The van der Waals surface area contributed by atoms with Crippen molar-refractivity contribution in [1.29, 1.82) is 0 Å². The first-order valence-electron chi connectivity index (χ1n) is 13.3. The number of aryl methyl sites for hydroxylation is 1. The summed E-state index contributed by atoms with van der Waals surface area (Å²) in [6, 6.07) is 13.2. The number of halogens is 3. The fourth-order valence-corrected chi connectivity index (χ4v) is 3.78. The lowest BCUT2D eigenvalue weighted by Crippen LogP contribution is -2.22. The Hall–Kier alpha value is -4.08. The molecule has 0 spiro atoms. The maximum absolute atomic E-state index is 13.1. The number of nitrogens with zero attached hydrogens (tertiary/aromatic N) is 1. The molecule has 42 heavy (non-hydrogen) atoms. The van der Waals surface area contributed by atoms with Gasteiger partial charge >= 0.3 is 6.18 Å². The zero-order valence-corrected chi connectivity index (χ0v) is 24.5. The first-order valence-corrected chi connectivity index (χ1v) is 13.3. The zero-order chi connectivity index (χ0) is 32.0. The number of nitrogens with one attached hydrogen (secondary N) is 1. The van der Waals surface area contributed by atoms with Crippen LogP contribution < -0.4 is 11.3 Å². The molecular formula is C33H42F3N3O3. The van der Waals surface area contributed by atoms with Gasteiger partial charge in [-0.2, -0.15) is 13.2 Å². The van der Waals surface area contributed by atoms with E-state index in [0.717, 1.165) is 55.6 Å². The standard InChI is InChI=1S/C18H14F3NO.C13H24N2.2CH2O/c1-11-2-4-12(5-3-11)8-13-6-7-16-14(9-13)15(18(19,20)21)10-17(23)22-16;1-3-4-5-6-7-8-9-12-15(2)13-10-11-14;2*1-2/h2-7,9-10H,8H2,1H3,(H,22,23);3,5-8H,1,4,9-14H2,2H3;2*1H2/b;6-5-,8-7-;;. The summed E-state index contributed by atoms with van der Waals surface area (Å²) in [6.07, 6.45) is 9.45. The zero-order valence-electron chi connectivity index (χ0n) is 24.5. The van der Waals surface area contributed by atoms with Crippen LogP contribution in [-0.2, 0) is 22.2 Å². The van der Waals surface area contributed by atoms with Crippen LogP contribution in [0.15, 0.2) is 90.3 Å². The van der Waals surface area contributed by atoms with Gasteiger partial charge in [-0.15, -0.1) is 6.58 Å². The fourth-order valence-electron chi connectivity index (χ4n) is 3.78. The molecule has 1 heterocycles.